The molecule has 122 valence electrons. The Hall–Kier alpha value is -2.54. The fraction of sp³-hybridized carbons (Fsp3) is 0.375. The lowest BCUT2D eigenvalue weighted by Gasteiger charge is -2.20. The van der Waals surface area contributed by atoms with Crippen molar-refractivity contribution in [2.24, 2.45) is 0 Å². The Kier molecular flexibility index (Phi) is 4.77. The van der Waals surface area contributed by atoms with Crippen LogP contribution in [0.2, 0.25) is 0 Å². The third-order valence-corrected chi connectivity index (χ3v) is 3.71. The Morgan fingerprint density at radius 3 is 3.04 bits per heavy atom. The molecule has 2 aromatic rings. The predicted octanol–water partition coefficient (Wildman–Crippen LogP) is 2.01. The van der Waals surface area contributed by atoms with Gasteiger partial charge in [0.2, 0.25) is 5.88 Å². The van der Waals surface area contributed by atoms with Crippen molar-refractivity contribution >= 4 is 6.03 Å². The summed E-state index contributed by atoms with van der Waals surface area (Å²) in [5.41, 5.74) is 0.916. The number of nitrogens with zero attached hydrogens (tertiary/aromatic N) is 1. The SMILES string of the molecule is COc1ccc([C@H]2OCC[C@@H]2NC(=O)NCc2ccco2)cn1. The van der Waals surface area contributed by atoms with Crippen LogP contribution in [0.5, 0.6) is 5.88 Å². The quantitative estimate of drug-likeness (QED) is 0.881. The van der Waals surface area contributed by atoms with Crippen LogP contribution in [-0.2, 0) is 11.3 Å². The number of nitrogens with one attached hydrogen (secondary N) is 2. The van der Waals surface area contributed by atoms with Crippen LogP contribution >= 0.6 is 0 Å². The zero-order chi connectivity index (χ0) is 16.1. The van der Waals surface area contributed by atoms with E-state index in [9.17, 15) is 4.79 Å². The second-order valence-corrected chi connectivity index (χ2v) is 5.23. The molecule has 2 atom stereocenters. The summed E-state index contributed by atoms with van der Waals surface area (Å²) in [7, 11) is 1.57. The third kappa shape index (κ3) is 3.81. The van der Waals surface area contributed by atoms with E-state index in [1.807, 2.05) is 12.1 Å². The number of carbonyl (C=O) groups is 1. The summed E-state index contributed by atoms with van der Waals surface area (Å²) < 4.78 is 16.0. The van der Waals surface area contributed by atoms with Crippen LogP contribution in [0.4, 0.5) is 4.79 Å². The number of aromatic nitrogens is 1. The molecule has 2 N–H and O–H groups in total. The Bertz CT molecular complexity index is 627. The second-order valence-electron chi connectivity index (χ2n) is 5.23. The fourth-order valence-corrected chi connectivity index (χ4v) is 2.55. The molecule has 3 heterocycles. The maximum absolute atomic E-state index is 12.0. The van der Waals surface area contributed by atoms with Crippen molar-refractivity contribution < 1.29 is 18.7 Å². The van der Waals surface area contributed by atoms with Crippen LogP contribution in [0.15, 0.2) is 41.1 Å². The number of ether oxygens (including phenoxy) is 2. The third-order valence-electron chi connectivity index (χ3n) is 3.71. The molecular weight excluding hydrogens is 298 g/mol. The van der Waals surface area contributed by atoms with Crippen molar-refractivity contribution in [2.45, 2.75) is 25.1 Å². The first-order valence-electron chi connectivity index (χ1n) is 7.44. The minimum absolute atomic E-state index is 0.0956. The summed E-state index contributed by atoms with van der Waals surface area (Å²) in [5, 5.41) is 5.71. The number of rotatable bonds is 5. The monoisotopic (exact) mass is 317 g/mol. The minimum atomic E-state index is -0.247. The molecule has 1 aliphatic rings. The maximum atomic E-state index is 12.0. The molecule has 0 bridgehead atoms. The molecule has 2 amide bonds. The zero-order valence-corrected chi connectivity index (χ0v) is 12.8. The highest BCUT2D eigenvalue weighted by molar-refractivity contribution is 5.74. The zero-order valence-electron chi connectivity index (χ0n) is 12.8. The average molecular weight is 317 g/mol. The summed E-state index contributed by atoms with van der Waals surface area (Å²) >= 11 is 0. The van der Waals surface area contributed by atoms with Crippen molar-refractivity contribution in [1.82, 2.24) is 15.6 Å². The molecule has 0 aliphatic carbocycles. The summed E-state index contributed by atoms with van der Waals surface area (Å²) in [6.07, 6.45) is 3.84. The molecule has 7 heteroatoms. The number of pyridine rings is 1. The van der Waals surface area contributed by atoms with Gasteiger partial charge >= 0.3 is 6.03 Å². The van der Waals surface area contributed by atoms with Crippen molar-refractivity contribution in [3.63, 3.8) is 0 Å². The van der Waals surface area contributed by atoms with Gasteiger partial charge in [0.25, 0.3) is 0 Å². The second kappa shape index (κ2) is 7.15. The first-order chi connectivity index (χ1) is 11.3. The van der Waals surface area contributed by atoms with Crippen LogP contribution in [0.3, 0.4) is 0 Å². The van der Waals surface area contributed by atoms with Crippen molar-refractivity contribution in [2.75, 3.05) is 13.7 Å². The van der Waals surface area contributed by atoms with E-state index in [0.717, 1.165) is 12.0 Å². The Balaban J connectivity index is 1.56. The van der Waals surface area contributed by atoms with Gasteiger partial charge < -0.3 is 24.5 Å². The van der Waals surface area contributed by atoms with E-state index in [1.165, 1.54) is 0 Å². The van der Waals surface area contributed by atoms with Gasteiger partial charge in [-0.1, -0.05) is 0 Å². The van der Waals surface area contributed by atoms with Gasteiger partial charge in [0, 0.05) is 24.4 Å². The van der Waals surface area contributed by atoms with E-state index >= 15 is 0 Å². The molecule has 2 aromatic heterocycles. The smallest absolute Gasteiger partial charge is 0.315 e. The Morgan fingerprint density at radius 2 is 2.35 bits per heavy atom. The largest absolute Gasteiger partial charge is 0.481 e. The fourth-order valence-electron chi connectivity index (χ4n) is 2.55. The maximum Gasteiger partial charge on any atom is 0.315 e. The molecule has 0 spiro atoms. The van der Waals surface area contributed by atoms with Crippen LogP contribution in [0.25, 0.3) is 0 Å². The van der Waals surface area contributed by atoms with Crippen molar-refractivity contribution in [3.05, 3.63) is 48.0 Å². The minimum Gasteiger partial charge on any atom is -0.481 e. The molecule has 0 unspecified atom stereocenters. The van der Waals surface area contributed by atoms with Gasteiger partial charge in [-0.05, 0) is 24.6 Å². The Labute approximate surface area is 134 Å². The Morgan fingerprint density at radius 1 is 1.43 bits per heavy atom. The summed E-state index contributed by atoms with van der Waals surface area (Å²) in [6.45, 7) is 0.945. The number of carbonyl (C=O) groups excluding carboxylic acids is 1. The van der Waals surface area contributed by atoms with Crippen LogP contribution in [0, 0.1) is 0 Å². The number of methoxy groups -OCH3 is 1. The highest BCUT2D eigenvalue weighted by atomic mass is 16.5. The molecule has 0 aromatic carbocycles. The van der Waals surface area contributed by atoms with Gasteiger partial charge in [-0.2, -0.15) is 0 Å². The van der Waals surface area contributed by atoms with Gasteiger partial charge in [0.05, 0.1) is 26.0 Å². The standard InChI is InChI=1S/C16H19N3O4/c1-21-14-5-4-11(9-17-14)15-13(6-8-23-15)19-16(20)18-10-12-3-2-7-22-12/h2-5,7,9,13,15H,6,8,10H2,1H3,(H2,18,19,20)/t13-,15+/m0/s1. The predicted molar refractivity (Wildman–Crippen MR) is 82.0 cm³/mol. The van der Waals surface area contributed by atoms with E-state index in [2.05, 4.69) is 15.6 Å². The van der Waals surface area contributed by atoms with E-state index in [-0.39, 0.29) is 18.2 Å². The number of hydrogen-bond acceptors (Lipinski definition) is 5. The molecule has 0 radical (unpaired) electrons. The van der Waals surface area contributed by atoms with Gasteiger partial charge in [-0.25, -0.2) is 9.78 Å². The highest BCUT2D eigenvalue weighted by Crippen LogP contribution is 2.29. The molecule has 1 aliphatic heterocycles. The van der Waals surface area contributed by atoms with E-state index in [0.29, 0.717) is 24.8 Å². The van der Waals surface area contributed by atoms with Gasteiger partial charge in [0.1, 0.15) is 11.9 Å². The van der Waals surface area contributed by atoms with Gasteiger partial charge in [-0.3, -0.25) is 0 Å². The van der Waals surface area contributed by atoms with Gasteiger partial charge in [-0.15, -0.1) is 0 Å². The number of urea groups is 1. The van der Waals surface area contributed by atoms with Crippen molar-refractivity contribution in [3.8, 4) is 5.88 Å². The number of amides is 2. The first kappa shape index (κ1) is 15.4. The lowest BCUT2D eigenvalue weighted by molar-refractivity contribution is 0.0995. The van der Waals surface area contributed by atoms with Crippen LogP contribution < -0.4 is 15.4 Å². The summed E-state index contributed by atoms with van der Waals surface area (Å²) in [5.74, 6) is 1.26. The number of furan rings is 1. The van der Waals surface area contributed by atoms with Crippen molar-refractivity contribution in [1.29, 1.82) is 0 Å². The molecule has 1 saturated heterocycles. The number of hydrogen-bond donors (Lipinski definition) is 2. The molecule has 3 rings (SSSR count). The molecule has 23 heavy (non-hydrogen) atoms. The lowest BCUT2D eigenvalue weighted by Crippen LogP contribution is -2.43. The lowest BCUT2D eigenvalue weighted by atomic mass is 10.0. The van der Waals surface area contributed by atoms with E-state index in [1.54, 1.807) is 31.7 Å². The van der Waals surface area contributed by atoms with E-state index < -0.39 is 0 Å². The van der Waals surface area contributed by atoms with Crippen LogP contribution in [-0.4, -0.2) is 30.8 Å². The summed E-state index contributed by atoms with van der Waals surface area (Å²) in [4.78, 5) is 16.2. The molecule has 1 fully saturated rings. The topological polar surface area (TPSA) is 85.6 Å². The molecule has 0 saturated carbocycles. The van der Waals surface area contributed by atoms with Gasteiger partial charge in [0.15, 0.2) is 0 Å². The normalized spacial score (nSPS) is 20.2. The molecular formula is C16H19N3O4. The highest BCUT2D eigenvalue weighted by Gasteiger charge is 2.31. The summed E-state index contributed by atoms with van der Waals surface area (Å²) in [6, 6.07) is 6.93. The van der Waals surface area contributed by atoms with E-state index in [4.69, 9.17) is 13.9 Å². The van der Waals surface area contributed by atoms with Crippen LogP contribution in [0.1, 0.15) is 23.8 Å². The molecule has 7 nitrogen and oxygen atoms in total. The first-order valence-corrected chi connectivity index (χ1v) is 7.44. The average Bonchev–Trinajstić information content (AvgIpc) is 3.25.